The first-order valence-electron chi connectivity index (χ1n) is 4.80. The average molecular weight is 168 g/mol. The summed E-state index contributed by atoms with van der Waals surface area (Å²) in [6.07, 6.45) is 7.34. The highest BCUT2D eigenvalue weighted by Crippen LogP contribution is 2.37. The number of allylic oxidation sites excluding steroid dienone is 2. The van der Waals surface area contributed by atoms with Gasteiger partial charge in [0, 0.05) is 0 Å². The largest absolute Gasteiger partial charge is 0.393 e. The van der Waals surface area contributed by atoms with E-state index in [0.717, 1.165) is 25.7 Å². The Hall–Kier alpha value is -0.340. The normalized spacial score (nSPS) is 47.2. The van der Waals surface area contributed by atoms with E-state index in [2.05, 4.69) is 12.2 Å². The molecule has 0 amide bonds. The van der Waals surface area contributed by atoms with Crippen LogP contribution in [0.5, 0.6) is 0 Å². The smallest absolute Gasteiger partial charge is 0.0576 e. The number of hydrogen-bond acceptors (Lipinski definition) is 2. The van der Waals surface area contributed by atoms with Gasteiger partial charge in [0.15, 0.2) is 0 Å². The van der Waals surface area contributed by atoms with Gasteiger partial charge in [0.1, 0.15) is 0 Å². The maximum absolute atomic E-state index is 9.68. The lowest BCUT2D eigenvalue weighted by atomic mass is 9.70. The molecule has 0 aliphatic heterocycles. The second kappa shape index (κ2) is 3.19. The standard InChI is InChI=1S/C10H16O2/c11-9-5-6-10(12)8-4-2-1-3-7(8)9/h1-2,7-12H,3-6H2/t7-,8+,9-,10-/m0/s1. The van der Waals surface area contributed by atoms with Crippen LogP contribution in [-0.2, 0) is 0 Å². The number of aliphatic hydroxyl groups excluding tert-OH is 2. The number of aliphatic hydroxyl groups is 2. The van der Waals surface area contributed by atoms with Crippen molar-refractivity contribution in [2.45, 2.75) is 37.9 Å². The van der Waals surface area contributed by atoms with Crippen LogP contribution in [-0.4, -0.2) is 22.4 Å². The summed E-state index contributed by atoms with van der Waals surface area (Å²) in [4.78, 5) is 0. The fourth-order valence-corrected chi connectivity index (χ4v) is 2.51. The molecule has 0 aromatic rings. The Kier molecular flexibility index (Phi) is 2.20. The van der Waals surface area contributed by atoms with Crippen molar-refractivity contribution in [2.75, 3.05) is 0 Å². The van der Waals surface area contributed by atoms with Crippen molar-refractivity contribution in [3.05, 3.63) is 12.2 Å². The molecule has 2 rings (SSSR count). The third-order valence-corrected chi connectivity index (χ3v) is 3.28. The van der Waals surface area contributed by atoms with E-state index in [1.165, 1.54) is 0 Å². The van der Waals surface area contributed by atoms with Crippen LogP contribution < -0.4 is 0 Å². The predicted molar refractivity (Wildman–Crippen MR) is 46.6 cm³/mol. The minimum absolute atomic E-state index is 0.177. The van der Waals surface area contributed by atoms with Crippen LogP contribution in [0.2, 0.25) is 0 Å². The molecule has 0 radical (unpaired) electrons. The molecule has 68 valence electrons. The van der Waals surface area contributed by atoms with Crippen LogP contribution in [0.3, 0.4) is 0 Å². The third kappa shape index (κ3) is 1.29. The van der Waals surface area contributed by atoms with Crippen LogP contribution in [0.25, 0.3) is 0 Å². The molecule has 2 N–H and O–H groups in total. The molecule has 1 saturated carbocycles. The molecular formula is C10H16O2. The predicted octanol–water partition coefficient (Wildman–Crippen LogP) is 1.08. The summed E-state index contributed by atoms with van der Waals surface area (Å²) in [5.41, 5.74) is 0. The number of fused-ring (bicyclic) bond motifs is 1. The van der Waals surface area contributed by atoms with E-state index in [-0.39, 0.29) is 12.2 Å². The summed E-state index contributed by atoms with van der Waals surface area (Å²) in [6, 6.07) is 0. The van der Waals surface area contributed by atoms with E-state index in [1.54, 1.807) is 0 Å². The molecule has 4 atom stereocenters. The van der Waals surface area contributed by atoms with Crippen LogP contribution in [0.4, 0.5) is 0 Å². The first-order chi connectivity index (χ1) is 5.79. The van der Waals surface area contributed by atoms with Gasteiger partial charge in [-0.05, 0) is 37.5 Å². The summed E-state index contributed by atoms with van der Waals surface area (Å²) < 4.78 is 0. The summed E-state index contributed by atoms with van der Waals surface area (Å²) in [6.45, 7) is 0. The number of hydrogen-bond donors (Lipinski definition) is 2. The lowest BCUT2D eigenvalue weighted by molar-refractivity contribution is -0.0436. The van der Waals surface area contributed by atoms with E-state index in [9.17, 15) is 10.2 Å². The molecule has 0 bridgehead atoms. The highest BCUT2D eigenvalue weighted by Gasteiger charge is 2.37. The zero-order valence-electron chi connectivity index (χ0n) is 7.19. The van der Waals surface area contributed by atoms with Crippen LogP contribution >= 0.6 is 0 Å². The van der Waals surface area contributed by atoms with Crippen molar-refractivity contribution < 1.29 is 10.2 Å². The van der Waals surface area contributed by atoms with E-state index in [1.807, 2.05) is 0 Å². The van der Waals surface area contributed by atoms with Gasteiger partial charge in [-0.25, -0.2) is 0 Å². The molecular weight excluding hydrogens is 152 g/mol. The molecule has 0 saturated heterocycles. The van der Waals surface area contributed by atoms with Crippen molar-refractivity contribution in [1.29, 1.82) is 0 Å². The van der Waals surface area contributed by atoms with Crippen molar-refractivity contribution in [3.63, 3.8) is 0 Å². The molecule has 0 aromatic carbocycles. The highest BCUT2D eigenvalue weighted by atomic mass is 16.3. The Morgan fingerprint density at radius 2 is 1.25 bits per heavy atom. The molecule has 2 aliphatic carbocycles. The second-order valence-corrected chi connectivity index (χ2v) is 3.98. The molecule has 2 nitrogen and oxygen atoms in total. The first-order valence-corrected chi connectivity index (χ1v) is 4.80. The van der Waals surface area contributed by atoms with Gasteiger partial charge in [-0.3, -0.25) is 0 Å². The van der Waals surface area contributed by atoms with E-state index in [0.29, 0.717) is 11.8 Å². The molecule has 1 fully saturated rings. The lowest BCUT2D eigenvalue weighted by Crippen LogP contribution is -2.41. The van der Waals surface area contributed by atoms with Gasteiger partial charge < -0.3 is 10.2 Å². The third-order valence-electron chi connectivity index (χ3n) is 3.28. The summed E-state index contributed by atoms with van der Waals surface area (Å²) in [5.74, 6) is 0.637. The van der Waals surface area contributed by atoms with Gasteiger partial charge in [-0.1, -0.05) is 12.2 Å². The first kappa shape index (κ1) is 8.27. The Balaban J connectivity index is 2.12. The SMILES string of the molecule is O[C@H]1CC[C@H](O)[C@H]2CC=CC[C@H]21. The topological polar surface area (TPSA) is 40.5 Å². The fourth-order valence-electron chi connectivity index (χ4n) is 2.51. The van der Waals surface area contributed by atoms with E-state index >= 15 is 0 Å². The molecule has 0 aromatic heterocycles. The summed E-state index contributed by atoms with van der Waals surface area (Å²) in [5, 5.41) is 19.4. The minimum Gasteiger partial charge on any atom is -0.393 e. The van der Waals surface area contributed by atoms with Gasteiger partial charge in [0.05, 0.1) is 12.2 Å². The molecule has 0 unspecified atom stereocenters. The molecule has 12 heavy (non-hydrogen) atoms. The zero-order valence-corrected chi connectivity index (χ0v) is 7.19. The van der Waals surface area contributed by atoms with Gasteiger partial charge >= 0.3 is 0 Å². The lowest BCUT2D eigenvalue weighted by Gasteiger charge is -2.39. The minimum atomic E-state index is -0.177. The van der Waals surface area contributed by atoms with Gasteiger partial charge in [0.2, 0.25) is 0 Å². The van der Waals surface area contributed by atoms with E-state index < -0.39 is 0 Å². The maximum Gasteiger partial charge on any atom is 0.0576 e. The molecule has 2 aliphatic rings. The van der Waals surface area contributed by atoms with E-state index in [4.69, 9.17) is 0 Å². The molecule has 2 heteroatoms. The average Bonchev–Trinajstić information content (AvgIpc) is 2.12. The highest BCUT2D eigenvalue weighted by molar-refractivity contribution is 5.00. The Bertz CT molecular complexity index is 168. The summed E-state index contributed by atoms with van der Waals surface area (Å²) >= 11 is 0. The van der Waals surface area contributed by atoms with Gasteiger partial charge in [-0.15, -0.1) is 0 Å². The van der Waals surface area contributed by atoms with Crippen molar-refractivity contribution in [2.24, 2.45) is 11.8 Å². The Morgan fingerprint density at radius 3 is 1.67 bits per heavy atom. The number of rotatable bonds is 0. The van der Waals surface area contributed by atoms with Gasteiger partial charge in [0.25, 0.3) is 0 Å². The van der Waals surface area contributed by atoms with Crippen LogP contribution in [0, 0.1) is 11.8 Å². The van der Waals surface area contributed by atoms with Gasteiger partial charge in [-0.2, -0.15) is 0 Å². The zero-order chi connectivity index (χ0) is 8.55. The van der Waals surface area contributed by atoms with Crippen LogP contribution in [0.1, 0.15) is 25.7 Å². The Morgan fingerprint density at radius 1 is 0.833 bits per heavy atom. The molecule has 0 spiro atoms. The van der Waals surface area contributed by atoms with Crippen LogP contribution in [0.15, 0.2) is 12.2 Å². The Labute approximate surface area is 72.9 Å². The van der Waals surface area contributed by atoms with Crippen molar-refractivity contribution in [1.82, 2.24) is 0 Å². The molecule has 0 heterocycles. The quantitative estimate of drug-likeness (QED) is 0.531. The van der Waals surface area contributed by atoms with Crippen molar-refractivity contribution in [3.8, 4) is 0 Å². The monoisotopic (exact) mass is 168 g/mol. The van der Waals surface area contributed by atoms with Crippen molar-refractivity contribution >= 4 is 0 Å². The maximum atomic E-state index is 9.68. The fraction of sp³-hybridized carbons (Fsp3) is 0.800. The second-order valence-electron chi connectivity index (χ2n) is 3.98. The summed E-state index contributed by atoms with van der Waals surface area (Å²) in [7, 11) is 0.